The van der Waals surface area contributed by atoms with Gasteiger partial charge in [-0.15, -0.1) is 0 Å². The summed E-state index contributed by atoms with van der Waals surface area (Å²) in [7, 11) is 0. The number of anilines is 1. The summed E-state index contributed by atoms with van der Waals surface area (Å²) in [5.74, 6) is 1.31. The maximum atomic E-state index is 13.0. The maximum absolute atomic E-state index is 13.0. The molecule has 1 atom stereocenters. The Kier molecular flexibility index (Phi) is 4.63. The van der Waals surface area contributed by atoms with E-state index in [2.05, 4.69) is 15.5 Å². The number of hydrogen-bond donors (Lipinski definition) is 1. The largest absolute Gasteiger partial charge is 0.381 e. The van der Waals surface area contributed by atoms with Crippen LogP contribution in [0, 0.1) is 26.2 Å². The van der Waals surface area contributed by atoms with Gasteiger partial charge in [-0.25, -0.2) is 4.79 Å². The molecule has 2 aliphatic rings. The van der Waals surface area contributed by atoms with Crippen molar-refractivity contribution in [3.05, 3.63) is 41.0 Å². The molecule has 4 rings (SSSR count). The normalized spacial score (nSPS) is 21.6. The Morgan fingerprint density at radius 2 is 2.04 bits per heavy atom. The van der Waals surface area contributed by atoms with E-state index in [1.807, 2.05) is 43.9 Å². The molecule has 1 spiro atoms. The molecule has 0 unspecified atom stereocenters. The highest BCUT2D eigenvalue weighted by molar-refractivity contribution is 5.90. The zero-order valence-corrected chi connectivity index (χ0v) is 16.1. The number of benzene rings is 1. The van der Waals surface area contributed by atoms with Crippen LogP contribution >= 0.6 is 0 Å². The van der Waals surface area contributed by atoms with Gasteiger partial charge in [-0.1, -0.05) is 17.3 Å². The quantitative estimate of drug-likeness (QED) is 0.876. The van der Waals surface area contributed by atoms with Gasteiger partial charge in [0.2, 0.25) is 5.89 Å². The molecule has 3 heterocycles. The van der Waals surface area contributed by atoms with E-state index in [4.69, 9.17) is 9.26 Å². The fourth-order valence-electron chi connectivity index (χ4n) is 4.27. The number of rotatable bonds is 2. The van der Waals surface area contributed by atoms with Gasteiger partial charge < -0.3 is 19.5 Å². The number of nitrogens with zero attached hydrogens (tertiary/aromatic N) is 3. The predicted molar refractivity (Wildman–Crippen MR) is 101 cm³/mol. The number of nitrogens with one attached hydrogen (secondary N) is 1. The van der Waals surface area contributed by atoms with Crippen molar-refractivity contribution in [2.45, 2.75) is 39.5 Å². The number of likely N-dealkylation sites (tertiary alicyclic amines) is 1. The van der Waals surface area contributed by atoms with Crippen molar-refractivity contribution in [1.82, 2.24) is 15.0 Å². The molecule has 2 aliphatic heterocycles. The molecule has 0 aliphatic carbocycles. The SMILES string of the molecule is Cc1ccc(C)c(NC(=O)N2C[C@H](c3nc(C)no3)C3(CCOCC3)C2)c1. The van der Waals surface area contributed by atoms with Crippen LogP contribution in [0.15, 0.2) is 22.7 Å². The number of ether oxygens (including phenoxy) is 1. The highest BCUT2D eigenvalue weighted by Crippen LogP contribution is 2.49. The van der Waals surface area contributed by atoms with E-state index in [9.17, 15) is 4.79 Å². The summed E-state index contributed by atoms with van der Waals surface area (Å²) in [6, 6.07) is 6.00. The van der Waals surface area contributed by atoms with E-state index in [1.54, 1.807) is 0 Å². The van der Waals surface area contributed by atoms with Crippen LogP contribution in [0.5, 0.6) is 0 Å². The van der Waals surface area contributed by atoms with E-state index < -0.39 is 0 Å². The molecular weight excluding hydrogens is 344 g/mol. The van der Waals surface area contributed by atoms with Gasteiger partial charge in [0.15, 0.2) is 5.82 Å². The maximum Gasteiger partial charge on any atom is 0.321 e. The number of hydrogen-bond acceptors (Lipinski definition) is 5. The van der Waals surface area contributed by atoms with E-state index in [0.717, 1.165) is 29.7 Å². The van der Waals surface area contributed by atoms with Gasteiger partial charge in [-0.3, -0.25) is 0 Å². The van der Waals surface area contributed by atoms with Crippen LogP contribution in [0.25, 0.3) is 0 Å². The molecule has 7 nitrogen and oxygen atoms in total. The number of aromatic nitrogens is 2. The summed E-state index contributed by atoms with van der Waals surface area (Å²) in [6.45, 7) is 8.52. The Balaban J connectivity index is 1.57. The average Bonchev–Trinajstić information content (AvgIpc) is 3.23. The lowest BCUT2D eigenvalue weighted by atomic mass is 9.72. The smallest absolute Gasteiger partial charge is 0.321 e. The molecule has 1 aromatic carbocycles. The molecule has 0 saturated carbocycles. The third-order valence-corrected chi connectivity index (χ3v) is 5.90. The van der Waals surface area contributed by atoms with E-state index in [0.29, 0.717) is 38.0 Å². The topological polar surface area (TPSA) is 80.5 Å². The van der Waals surface area contributed by atoms with Crippen molar-refractivity contribution in [2.24, 2.45) is 5.41 Å². The molecule has 0 radical (unpaired) electrons. The van der Waals surface area contributed by atoms with Crippen molar-refractivity contribution in [3.63, 3.8) is 0 Å². The number of urea groups is 1. The van der Waals surface area contributed by atoms with Gasteiger partial charge in [-0.05, 0) is 50.8 Å². The monoisotopic (exact) mass is 370 g/mol. The Hall–Kier alpha value is -2.41. The van der Waals surface area contributed by atoms with Gasteiger partial charge in [0, 0.05) is 37.4 Å². The Morgan fingerprint density at radius 1 is 1.26 bits per heavy atom. The van der Waals surface area contributed by atoms with Crippen LogP contribution < -0.4 is 5.32 Å². The minimum Gasteiger partial charge on any atom is -0.381 e. The first-order chi connectivity index (χ1) is 13.0. The standard InChI is InChI=1S/C20H26N4O3/c1-13-4-5-14(2)17(10-13)22-19(25)24-11-16(18-21-15(3)23-27-18)20(12-24)6-8-26-9-7-20/h4-5,10,16H,6-9,11-12H2,1-3H3,(H,22,25)/t16-/m1/s1. The van der Waals surface area contributed by atoms with Gasteiger partial charge in [0.05, 0.1) is 5.92 Å². The summed E-state index contributed by atoms with van der Waals surface area (Å²) < 4.78 is 11.1. The molecule has 2 amide bonds. The first-order valence-corrected chi connectivity index (χ1v) is 9.48. The highest BCUT2D eigenvalue weighted by Gasteiger charge is 2.51. The fourth-order valence-corrected chi connectivity index (χ4v) is 4.27. The van der Waals surface area contributed by atoms with Crippen molar-refractivity contribution in [1.29, 1.82) is 0 Å². The van der Waals surface area contributed by atoms with E-state index in [-0.39, 0.29) is 17.4 Å². The molecule has 2 fully saturated rings. The molecule has 144 valence electrons. The molecule has 1 aromatic heterocycles. The second-order valence-electron chi connectivity index (χ2n) is 7.84. The number of aryl methyl sites for hydroxylation is 3. The Bertz CT molecular complexity index is 842. The lowest BCUT2D eigenvalue weighted by Crippen LogP contribution is -2.38. The highest BCUT2D eigenvalue weighted by atomic mass is 16.5. The zero-order valence-electron chi connectivity index (χ0n) is 16.1. The first kappa shape index (κ1) is 18.0. The lowest BCUT2D eigenvalue weighted by Gasteiger charge is -2.36. The summed E-state index contributed by atoms with van der Waals surface area (Å²) in [5, 5.41) is 7.04. The molecule has 1 N–H and O–H groups in total. The fraction of sp³-hybridized carbons (Fsp3) is 0.550. The van der Waals surface area contributed by atoms with Crippen LogP contribution in [0.2, 0.25) is 0 Å². The van der Waals surface area contributed by atoms with Gasteiger partial charge in [-0.2, -0.15) is 4.98 Å². The number of carbonyl (C=O) groups is 1. The third-order valence-electron chi connectivity index (χ3n) is 5.90. The summed E-state index contributed by atoms with van der Waals surface area (Å²) in [6.07, 6.45) is 1.79. The summed E-state index contributed by atoms with van der Waals surface area (Å²) >= 11 is 0. The number of carbonyl (C=O) groups excluding carboxylic acids is 1. The first-order valence-electron chi connectivity index (χ1n) is 9.48. The van der Waals surface area contributed by atoms with E-state index >= 15 is 0 Å². The average molecular weight is 370 g/mol. The molecule has 2 aromatic rings. The van der Waals surface area contributed by atoms with Crippen LogP contribution in [0.1, 0.15) is 41.6 Å². The second-order valence-corrected chi connectivity index (χ2v) is 7.84. The van der Waals surface area contributed by atoms with Crippen molar-refractivity contribution < 1.29 is 14.1 Å². The molecular formula is C20H26N4O3. The zero-order chi connectivity index (χ0) is 19.0. The van der Waals surface area contributed by atoms with Crippen molar-refractivity contribution >= 4 is 11.7 Å². The molecule has 0 bridgehead atoms. The van der Waals surface area contributed by atoms with E-state index in [1.165, 1.54) is 0 Å². The van der Waals surface area contributed by atoms with Crippen LogP contribution in [-0.2, 0) is 4.74 Å². The Morgan fingerprint density at radius 3 is 2.74 bits per heavy atom. The van der Waals surface area contributed by atoms with Crippen LogP contribution in [-0.4, -0.2) is 47.4 Å². The minimum absolute atomic E-state index is 0.0481. The van der Waals surface area contributed by atoms with Crippen molar-refractivity contribution in [3.8, 4) is 0 Å². The minimum atomic E-state index is -0.0756. The van der Waals surface area contributed by atoms with Crippen molar-refractivity contribution in [2.75, 3.05) is 31.6 Å². The lowest BCUT2D eigenvalue weighted by molar-refractivity contribution is 0.00959. The molecule has 7 heteroatoms. The molecule has 2 saturated heterocycles. The number of amides is 2. The second kappa shape index (κ2) is 6.96. The summed E-state index contributed by atoms with van der Waals surface area (Å²) in [5.41, 5.74) is 2.98. The summed E-state index contributed by atoms with van der Waals surface area (Å²) in [4.78, 5) is 19.4. The van der Waals surface area contributed by atoms with Gasteiger partial charge in [0.25, 0.3) is 0 Å². The van der Waals surface area contributed by atoms with Crippen LogP contribution in [0.3, 0.4) is 0 Å². The van der Waals surface area contributed by atoms with Gasteiger partial charge in [0.1, 0.15) is 0 Å². The third kappa shape index (κ3) is 3.43. The molecule has 27 heavy (non-hydrogen) atoms. The predicted octanol–water partition coefficient (Wildman–Crippen LogP) is 3.42. The Labute approximate surface area is 159 Å². The van der Waals surface area contributed by atoms with Crippen LogP contribution in [0.4, 0.5) is 10.5 Å². The van der Waals surface area contributed by atoms with Gasteiger partial charge >= 0.3 is 6.03 Å².